The molecular formula is C19H19N3O. The molecule has 1 unspecified atom stereocenters. The third kappa shape index (κ3) is 2.69. The number of amides is 1. The molecular weight excluding hydrogens is 286 g/mol. The van der Waals surface area contributed by atoms with E-state index in [1.807, 2.05) is 18.2 Å². The molecule has 2 aliphatic rings. The molecule has 4 nitrogen and oxygen atoms in total. The average molecular weight is 305 g/mol. The Labute approximate surface area is 135 Å². The van der Waals surface area contributed by atoms with E-state index in [0.717, 1.165) is 41.8 Å². The van der Waals surface area contributed by atoms with Gasteiger partial charge in [0.15, 0.2) is 0 Å². The topological polar surface area (TPSA) is 45.2 Å². The summed E-state index contributed by atoms with van der Waals surface area (Å²) >= 11 is 0. The van der Waals surface area contributed by atoms with Crippen LogP contribution in [0.15, 0.2) is 30.5 Å². The quantitative estimate of drug-likeness (QED) is 0.864. The molecule has 0 aliphatic carbocycles. The summed E-state index contributed by atoms with van der Waals surface area (Å²) in [6, 6.07) is 7.78. The highest BCUT2D eigenvalue weighted by atomic mass is 16.1. The Hall–Kier alpha value is -2.38. The fourth-order valence-electron chi connectivity index (χ4n) is 3.84. The maximum absolute atomic E-state index is 12.5. The van der Waals surface area contributed by atoms with Crippen molar-refractivity contribution in [2.45, 2.75) is 18.9 Å². The van der Waals surface area contributed by atoms with Crippen LogP contribution in [-0.2, 0) is 0 Å². The molecule has 2 aromatic rings. The number of carbonyl (C=O) groups is 1. The van der Waals surface area contributed by atoms with Crippen LogP contribution < -0.4 is 5.32 Å². The number of rotatable bonds is 2. The summed E-state index contributed by atoms with van der Waals surface area (Å²) in [4.78, 5) is 19.3. The van der Waals surface area contributed by atoms with Gasteiger partial charge in [-0.05, 0) is 37.4 Å². The second kappa shape index (κ2) is 5.68. The molecule has 2 saturated heterocycles. The van der Waals surface area contributed by atoms with E-state index >= 15 is 0 Å². The standard InChI is InChI=1S/C19H19N3O/c1-2-14-4-3-5-15-10-20-18(9-17(14)15)19(23)21-16-8-13-6-7-22(11-13)12-16/h1,3-5,9-10,13,16H,6-8,11-12H2,(H,21,23)/t13-,16-/m1/s1. The lowest BCUT2D eigenvalue weighted by Crippen LogP contribution is -2.47. The van der Waals surface area contributed by atoms with Gasteiger partial charge in [0.2, 0.25) is 0 Å². The Bertz CT molecular complexity index is 796. The Morgan fingerprint density at radius 2 is 2.30 bits per heavy atom. The van der Waals surface area contributed by atoms with E-state index in [9.17, 15) is 4.79 Å². The normalized spacial score (nSPS) is 26.0. The molecule has 23 heavy (non-hydrogen) atoms. The van der Waals surface area contributed by atoms with E-state index < -0.39 is 0 Å². The van der Waals surface area contributed by atoms with E-state index in [-0.39, 0.29) is 11.9 Å². The van der Waals surface area contributed by atoms with Crippen molar-refractivity contribution in [1.29, 1.82) is 0 Å². The number of nitrogens with one attached hydrogen (secondary N) is 1. The van der Waals surface area contributed by atoms with Crippen molar-refractivity contribution in [3.05, 3.63) is 41.7 Å². The molecule has 3 heterocycles. The molecule has 2 aliphatic heterocycles. The molecule has 3 atom stereocenters. The SMILES string of the molecule is C#Cc1cccc2cnc(C(=O)N[C@@H]3C[C@H]4CCN(C4)C3)cc12. The van der Waals surface area contributed by atoms with Gasteiger partial charge < -0.3 is 10.2 Å². The van der Waals surface area contributed by atoms with Crippen molar-refractivity contribution in [3.8, 4) is 12.3 Å². The Morgan fingerprint density at radius 3 is 3.13 bits per heavy atom. The predicted octanol–water partition coefficient (Wildman–Crippen LogP) is 2.04. The van der Waals surface area contributed by atoms with Crippen LogP contribution in [0, 0.1) is 18.3 Å². The minimum atomic E-state index is -0.105. The lowest BCUT2D eigenvalue weighted by Gasteiger charge is -2.30. The first kappa shape index (κ1) is 14.2. The number of aromatic nitrogens is 1. The van der Waals surface area contributed by atoms with Gasteiger partial charge in [0.25, 0.3) is 5.91 Å². The Morgan fingerprint density at radius 1 is 1.39 bits per heavy atom. The van der Waals surface area contributed by atoms with Gasteiger partial charge in [-0.25, -0.2) is 0 Å². The largest absolute Gasteiger partial charge is 0.347 e. The number of benzene rings is 1. The van der Waals surface area contributed by atoms with Crippen molar-refractivity contribution in [3.63, 3.8) is 0 Å². The predicted molar refractivity (Wildman–Crippen MR) is 90.1 cm³/mol. The minimum Gasteiger partial charge on any atom is -0.347 e. The van der Waals surface area contributed by atoms with Crippen molar-refractivity contribution in [1.82, 2.24) is 15.2 Å². The van der Waals surface area contributed by atoms with Crippen molar-refractivity contribution in [2.75, 3.05) is 19.6 Å². The van der Waals surface area contributed by atoms with E-state index in [2.05, 4.69) is 21.1 Å². The highest BCUT2D eigenvalue weighted by molar-refractivity contribution is 5.98. The third-order valence-corrected chi connectivity index (χ3v) is 4.95. The average Bonchev–Trinajstić information content (AvgIpc) is 2.92. The monoisotopic (exact) mass is 305 g/mol. The second-order valence-electron chi connectivity index (χ2n) is 6.56. The van der Waals surface area contributed by atoms with Gasteiger partial charge in [-0.2, -0.15) is 0 Å². The van der Waals surface area contributed by atoms with Gasteiger partial charge in [0, 0.05) is 41.7 Å². The first-order chi connectivity index (χ1) is 11.2. The fourth-order valence-corrected chi connectivity index (χ4v) is 3.84. The number of fused-ring (bicyclic) bond motifs is 3. The van der Waals surface area contributed by atoms with Crippen LogP contribution in [0.25, 0.3) is 10.8 Å². The maximum atomic E-state index is 12.5. The van der Waals surface area contributed by atoms with Crippen molar-refractivity contribution >= 4 is 16.7 Å². The molecule has 2 bridgehead atoms. The number of nitrogens with zero attached hydrogens (tertiary/aromatic N) is 2. The van der Waals surface area contributed by atoms with E-state index in [1.165, 1.54) is 13.0 Å². The van der Waals surface area contributed by atoms with Gasteiger partial charge in [-0.15, -0.1) is 6.42 Å². The highest BCUT2D eigenvalue weighted by Gasteiger charge is 2.33. The van der Waals surface area contributed by atoms with Gasteiger partial charge in [-0.3, -0.25) is 9.78 Å². The Kier molecular flexibility index (Phi) is 3.51. The van der Waals surface area contributed by atoms with Gasteiger partial charge in [0.05, 0.1) is 0 Å². The fraction of sp³-hybridized carbons (Fsp3) is 0.368. The number of hydrogen-bond donors (Lipinski definition) is 1. The summed E-state index contributed by atoms with van der Waals surface area (Å²) in [6.07, 6.45) is 9.60. The maximum Gasteiger partial charge on any atom is 0.270 e. The summed E-state index contributed by atoms with van der Waals surface area (Å²) in [5, 5.41) is 5.01. The van der Waals surface area contributed by atoms with Crippen LogP contribution in [0.5, 0.6) is 0 Å². The lowest BCUT2D eigenvalue weighted by atomic mass is 9.96. The molecule has 0 saturated carbocycles. The molecule has 4 heteroatoms. The third-order valence-electron chi connectivity index (χ3n) is 4.95. The summed E-state index contributed by atoms with van der Waals surface area (Å²) < 4.78 is 0. The van der Waals surface area contributed by atoms with Gasteiger partial charge in [0.1, 0.15) is 5.69 Å². The molecule has 116 valence electrons. The number of carbonyl (C=O) groups excluding carboxylic acids is 1. The summed E-state index contributed by atoms with van der Waals surface area (Å²) in [5.74, 6) is 3.29. The minimum absolute atomic E-state index is 0.105. The molecule has 1 aromatic carbocycles. The number of pyridine rings is 1. The first-order valence-corrected chi connectivity index (χ1v) is 8.11. The van der Waals surface area contributed by atoms with Crippen LogP contribution in [-0.4, -0.2) is 41.5 Å². The van der Waals surface area contributed by atoms with E-state index in [4.69, 9.17) is 6.42 Å². The Balaban J connectivity index is 1.56. The van der Waals surface area contributed by atoms with E-state index in [0.29, 0.717) is 5.69 Å². The van der Waals surface area contributed by atoms with Crippen LogP contribution in [0.1, 0.15) is 28.9 Å². The summed E-state index contributed by atoms with van der Waals surface area (Å²) in [6.45, 7) is 3.30. The molecule has 0 radical (unpaired) electrons. The number of piperidine rings is 1. The first-order valence-electron chi connectivity index (χ1n) is 8.11. The molecule has 1 N–H and O–H groups in total. The lowest BCUT2D eigenvalue weighted by molar-refractivity contribution is 0.0904. The number of hydrogen-bond acceptors (Lipinski definition) is 3. The zero-order chi connectivity index (χ0) is 15.8. The molecule has 2 fully saturated rings. The van der Waals surface area contributed by atoms with Crippen molar-refractivity contribution < 1.29 is 4.79 Å². The smallest absolute Gasteiger partial charge is 0.270 e. The van der Waals surface area contributed by atoms with Crippen LogP contribution >= 0.6 is 0 Å². The van der Waals surface area contributed by atoms with Gasteiger partial charge in [-0.1, -0.05) is 18.1 Å². The zero-order valence-electron chi connectivity index (χ0n) is 13.0. The van der Waals surface area contributed by atoms with Crippen LogP contribution in [0.2, 0.25) is 0 Å². The molecule has 1 aromatic heterocycles. The van der Waals surface area contributed by atoms with E-state index in [1.54, 1.807) is 12.3 Å². The molecule has 0 spiro atoms. The summed E-state index contributed by atoms with van der Waals surface area (Å²) in [7, 11) is 0. The van der Waals surface area contributed by atoms with Crippen molar-refractivity contribution in [2.24, 2.45) is 5.92 Å². The highest BCUT2D eigenvalue weighted by Crippen LogP contribution is 2.27. The summed E-state index contributed by atoms with van der Waals surface area (Å²) in [5.41, 5.74) is 1.23. The second-order valence-corrected chi connectivity index (χ2v) is 6.56. The molecule has 1 amide bonds. The van der Waals surface area contributed by atoms with Crippen LogP contribution in [0.4, 0.5) is 0 Å². The number of terminal acetylenes is 1. The zero-order valence-corrected chi connectivity index (χ0v) is 13.0. The van der Waals surface area contributed by atoms with Gasteiger partial charge >= 0.3 is 0 Å². The molecule has 4 rings (SSSR count). The van der Waals surface area contributed by atoms with Crippen LogP contribution in [0.3, 0.4) is 0 Å².